The van der Waals surface area contributed by atoms with E-state index in [1.807, 2.05) is 19.9 Å². The molecule has 3 atom stereocenters. The molecule has 0 saturated carbocycles. The average Bonchev–Trinajstić information content (AvgIpc) is 3.88. The number of hydrogen-bond acceptors (Lipinski definition) is 19. The van der Waals surface area contributed by atoms with E-state index in [9.17, 15) is 24.0 Å². The second-order valence-electron chi connectivity index (χ2n) is 15.7. The summed E-state index contributed by atoms with van der Waals surface area (Å²) in [5, 5.41) is 12.0. The van der Waals surface area contributed by atoms with Crippen molar-refractivity contribution >= 4 is 73.4 Å². The third kappa shape index (κ3) is 21.8. The molecule has 0 aliphatic rings. The molecule has 0 fully saturated rings. The number of hydrogen-bond donors (Lipinski definition) is 6. The van der Waals surface area contributed by atoms with E-state index in [0.29, 0.717) is 54.0 Å². The number of imidazole rings is 2. The van der Waals surface area contributed by atoms with E-state index in [0.717, 1.165) is 6.42 Å². The van der Waals surface area contributed by atoms with Crippen molar-refractivity contribution in [2.45, 2.75) is 112 Å². The van der Waals surface area contributed by atoms with Gasteiger partial charge in [-0.3, -0.25) is 23.4 Å². The number of nitrogen functional groups attached to an aromatic ring is 2. The number of aromatic nitrogens is 8. The Labute approximate surface area is 420 Å². The second kappa shape index (κ2) is 30.0. The van der Waals surface area contributed by atoms with Crippen LogP contribution in [-0.2, 0) is 69.3 Å². The molecule has 69 heavy (non-hydrogen) atoms. The van der Waals surface area contributed by atoms with Gasteiger partial charge in [-0.2, -0.15) is 5.26 Å². The maximum absolute atomic E-state index is 13.9. The number of ether oxygens (including phenoxy) is 4. The number of nitriles is 1. The van der Waals surface area contributed by atoms with Gasteiger partial charge in [0.1, 0.15) is 53.2 Å². The molecule has 385 valence electrons. The van der Waals surface area contributed by atoms with Crippen molar-refractivity contribution in [3.8, 4) is 11.8 Å². The number of anilines is 2. The number of benzene rings is 1. The smallest absolute Gasteiger partial charge is 0.350 e. The third-order valence-electron chi connectivity index (χ3n) is 8.40. The Bertz CT molecular complexity index is 2510. The van der Waals surface area contributed by atoms with Crippen molar-refractivity contribution in [1.82, 2.24) is 44.1 Å². The molecule has 0 saturated heterocycles. The summed E-state index contributed by atoms with van der Waals surface area (Å²) in [7, 11) is -7.99. The molecule has 4 heterocycles. The Hall–Kier alpha value is -4.83. The maximum atomic E-state index is 13.9. The molecule has 9 N–H and O–H groups in total. The molecule has 29 heteroatoms. The summed E-state index contributed by atoms with van der Waals surface area (Å²) < 4.78 is 67.9. The molecular weight excluding hydrogens is 1010 g/mol. The van der Waals surface area contributed by atoms with E-state index in [-0.39, 0.29) is 74.7 Å². The summed E-state index contributed by atoms with van der Waals surface area (Å²) in [4.78, 5) is 65.3. The molecule has 0 aliphatic carbocycles. The SMILES string of the molecule is C.CCCOC(=O)C(C)(C)N.CCCOC(=O)C(C)(C)NP(=O)(CO[C@H](C)Cn1cnc2c(N)ncnc21)Oc1cccc(C#N)c1.C[C@H](Cn1cnc2c(N)ncnc21)OCP(=O)(O)O.Cl.[3H]F.[V]. The van der Waals surface area contributed by atoms with Crippen LogP contribution in [-0.4, -0.2) is 111 Å². The van der Waals surface area contributed by atoms with Gasteiger partial charge >= 0.3 is 27.1 Å². The summed E-state index contributed by atoms with van der Waals surface area (Å²) in [6, 6.07) is 8.26. The van der Waals surface area contributed by atoms with Gasteiger partial charge in [-0.1, -0.05) is 27.3 Å². The summed E-state index contributed by atoms with van der Waals surface area (Å²) in [5.74, 6) is -0.158. The molecular formula is C40H65ClFN13O11P2V. The van der Waals surface area contributed by atoms with Gasteiger partial charge in [-0.15, -0.1) is 12.4 Å². The van der Waals surface area contributed by atoms with Crippen LogP contribution in [0.1, 0.15) is 81.2 Å². The van der Waals surface area contributed by atoms with Crippen LogP contribution < -0.4 is 26.8 Å². The quantitative estimate of drug-likeness (QED) is 0.0437. The number of nitrogens with one attached hydrogen (secondary N) is 1. The zero-order valence-corrected chi connectivity index (χ0v) is 42.9. The normalized spacial score (nSPS) is 12.9. The van der Waals surface area contributed by atoms with Crippen molar-refractivity contribution in [2.24, 2.45) is 5.73 Å². The van der Waals surface area contributed by atoms with Crippen molar-refractivity contribution in [3.05, 3.63) is 55.1 Å². The molecule has 0 aliphatic heterocycles. The minimum Gasteiger partial charge on any atom is -0.464 e. The molecule has 1 radical (unpaired) electrons. The fraction of sp³-hybridized carbons (Fsp3) is 0.525. The molecule has 1 unspecified atom stereocenters. The molecule has 0 bridgehead atoms. The average molecular weight is 1070 g/mol. The van der Waals surface area contributed by atoms with Crippen LogP contribution in [0.2, 0.25) is 0 Å². The second-order valence-corrected chi connectivity index (χ2v) is 19.3. The van der Waals surface area contributed by atoms with E-state index in [4.69, 9.17) is 55.2 Å². The Balaban J connectivity index is 0. The fourth-order valence-corrected chi connectivity index (χ4v) is 7.73. The molecule has 1 aromatic carbocycles. The van der Waals surface area contributed by atoms with Gasteiger partial charge in [-0.05, 0) is 72.6 Å². The van der Waals surface area contributed by atoms with Crippen LogP contribution in [0.25, 0.3) is 22.3 Å². The van der Waals surface area contributed by atoms with Gasteiger partial charge in [-0.25, -0.2) is 35.0 Å². The number of carbonyl (C=O) groups is 2. The van der Waals surface area contributed by atoms with E-state index in [2.05, 4.69) is 36.4 Å². The number of rotatable bonds is 20. The van der Waals surface area contributed by atoms with E-state index in [1.54, 1.807) is 75.2 Å². The Kier molecular flexibility index (Phi) is 27.9. The summed E-state index contributed by atoms with van der Waals surface area (Å²) in [5.41, 5.74) is 17.2. The first-order valence-corrected chi connectivity index (χ1v) is 23.8. The molecule has 5 rings (SSSR count). The zero-order chi connectivity index (χ0) is 50.6. The summed E-state index contributed by atoms with van der Waals surface area (Å²) in [6.45, 7) is 15.1. The first kappa shape index (κ1) is 64.2. The topological polar surface area (TPSA) is 356 Å². The number of halogens is 2. The standard InChI is InChI=1S/C23H30N7O5P.C9H14N5O4P.C7H15NO2.CH4.ClH.FH.V/c1-5-9-33-22(31)23(3,4)29-36(32,35-18-8-6-7-17(10-18)11-24)15-34-16(2)12-30-14-28-19-20(25)26-13-27-21(19)30;1-6(18-5-19(15,16)17)2-14-4-13-7-8(10)11-3-12-9(7)14;1-4-5-10-6(9)7(2,3)8;;;;/h6-8,10,13-14,16H,5,9,12,15H2,1-4H3,(H,29,32)(H2,25,26,27);3-4,6H,2,5H2,1H3,(H2,10,11,12)(H2,15,16,17);4-5,8H2,1-3H3;1H4;2*1H;/t16-,36?;6-;;;;;/m11...../s1/i/hT. The molecule has 5 aromatic rings. The van der Waals surface area contributed by atoms with Crippen LogP contribution in [0.4, 0.5) is 16.4 Å². The Morgan fingerprint density at radius 1 is 0.855 bits per heavy atom. The van der Waals surface area contributed by atoms with Gasteiger partial charge < -0.3 is 59.6 Å². The number of carbonyl (C=O) groups excluding carboxylic acids is 2. The van der Waals surface area contributed by atoms with E-state index >= 15 is 0 Å². The summed E-state index contributed by atoms with van der Waals surface area (Å²) >= 11 is 0. The van der Waals surface area contributed by atoms with E-state index in [1.165, 1.54) is 25.0 Å². The number of fused-ring (bicyclic) bond motifs is 2. The van der Waals surface area contributed by atoms with Gasteiger partial charge in [0.15, 0.2) is 22.9 Å². The maximum Gasteiger partial charge on any atom is 0.350 e. The van der Waals surface area contributed by atoms with Crippen LogP contribution in [0.5, 0.6) is 5.75 Å². The monoisotopic (exact) mass is 1070 g/mol. The molecule has 0 amide bonds. The molecule has 0 spiro atoms. The fourth-order valence-electron chi connectivity index (χ4n) is 5.28. The van der Waals surface area contributed by atoms with Gasteiger partial charge in [0, 0.05) is 18.6 Å². The predicted molar refractivity (Wildman–Crippen MR) is 256 cm³/mol. The van der Waals surface area contributed by atoms with Crippen LogP contribution in [0.15, 0.2) is 49.6 Å². The van der Waals surface area contributed by atoms with Crippen molar-refractivity contribution in [1.29, 1.82) is 6.71 Å². The van der Waals surface area contributed by atoms with E-state index < -0.39 is 50.7 Å². The first-order chi connectivity index (χ1) is 31.4. The Morgan fingerprint density at radius 2 is 1.32 bits per heavy atom. The zero-order valence-electron chi connectivity index (χ0n) is 39.9. The van der Waals surface area contributed by atoms with Gasteiger partial charge in [0.2, 0.25) is 0 Å². The number of nitrogens with two attached hydrogens (primary N) is 3. The van der Waals surface area contributed by atoms with Crippen LogP contribution in [0.3, 0.4) is 0 Å². The van der Waals surface area contributed by atoms with Crippen LogP contribution >= 0.6 is 27.5 Å². The predicted octanol–water partition coefficient (Wildman–Crippen LogP) is 5.07. The van der Waals surface area contributed by atoms with Crippen molar-refractivity contribution in [3.63, 3.8) is 0 Å². The minimum absolute atomic E-state index is 0. The summed E-state index contributed by atoms with van der Waals surface area (Å²) in [6.07, 6.45) is 5.45. The Morgan fingerprint density at radius 3 is 1.75 bits per heavy atom. The minimum atomic E-state index is -4.16. The third-order valence-corrected chi connectivity index (χ3v) is 10.8. The van der Waals surface area contributed by atoms with Crippen molar-refractivity contribution < 1.29 is 75.3 Å². The van der Waals surface area contributed by atoms with Crippen LogP contribution in [0, 0.1) is 11.3 Å². The number of esters is 2. The first-order valence-electron chi connectivity index (χ1n) is 20.6. The molecule has 4 aromatic heterocycles. The number of nitrogens with zero attached hydrogens (tertiary/aromatic N) is 9. The van der Waals surface area contributed by atoms with Crippen molar-refractivity contribution in [2.75, 3.05) is 37.4 Å². The largest absolute Gasteiger partial charge is 0.464 e. The molecule has 24 nitrogen and oxygen atoms in total. The van der Waals surface area contributed by atoms with Gasteiger partial charge in [0.05, 0.1) is 62.8 Å². The van der Waals surface area contributed by atoms with Gasteiger partial charge in [0.25, 0.3) is 1.45 Å².